The summed E-state index contributed by atoms with van der Waals surface area (Å²) in [4.78, 5) is 9.04. The molecule has 0 unspecified atom stereocenters. The van der Waals surface area contributed by atoms with E-state index < -0.39 is 0 Å². The molecule has 3 aromatic rings. The number of aryl methyl sites for hydroxylation is 1. The van der Waals surface area contributed by atoms with Crippen LogP contribution in [0.2, 0.25) is 0 Å². The van der Waals surface area contributed by atoms with Gasteiger partial charge in [0, 0.05) is 35.1 Å². The van der Waals surface area contributed by atoms with Gasteiger partial charge in [0.05, 0.1) is 12.6 Å². The van der Waals surface area contributed by atoms with Crippen molar-refractivity contribution in [2.75, 3.05) is 7.11 Å². The monoisotopic (exact) mass is 306 g/mol. The Kier molecular flexibility index (Phi) is 4.56. The highest BCUT2D eigenvalue weighted by Crippen LogP contribution is 2.33. The number of methoxy groups -OCH3 is 1. The maximum Gasteiger partial charge on any atom is 0.130 e. The molecule has 0 radical (unpaired) electrons. The lowest BCUT2D eigenvalue weighted by molar-refractivity contribution is 0.418. The first-order valence-corrected chi connectivity index (χ1v) is 8.06. The zero-order chi connectivity index (χ0) is 16.2. The third-order valence-electron chi connectivity index (χ3n) is 4.04. The van der Waals surface area contributed by atoms with Crippen molar-refractivity contribution in [3.63, 3.8) is 0 Å². The van der Waals surface area contributed by atoms with Gasteiger partial charge < -0.3 is 4.74 Å². The van der Waals surface area contributed by atoms with E-state index in [9.17, 15) is 0 Å². The summed E-state index contributed by atoms with van der Waals surface area (Å²) in [6, 6.07) is 12.3. The van der Waals surface area contributed by atoms with Crippen LogP contribution in [0.25, 0.3) is 22.0 Å². The third-order valence-corrected chi connectivity index (χ3v) is 4.04. The van der Waals surface area contributed by atoms with Gasteiger partial charge in [-0.3, -0.25) is 9.97 Å². The van der Waals surface area contributed by atoms with Gasteiger partial charge in [0.1, 0.15) is 5.75 Å². The molecule has 3 nitrogen and oxygen atoms in total. The Morgan fingerprint density at radius 1 is 1.09 bits per heavy atom. The number of pyridine rings is 2. The van der Waals surface area contributed by atoms with E-state index in [1.807, 2.05) is 24.5 Å². The third kappa shape index (κ3) is 3.34. The Hall–Kier alpha value is -2.42. The van der Waals surface area contributed by atoms with Crippen molar-refractivity contribution in [3.8, 4) is 16.9 Å². The van der Waals surface area contributed by atoms with Gasteiger partial charge in [-0.05, 0) is 42.5 Å². The minimum atomic E-state index is 0.661. The van der Waals surface area contributed by atoms with Crippen molar-refractivity contribution >= 4 is 10.9 Å². The normalized spacial score (nSPS) is 11.1. The number of nitrogens with zero attached hydrogens (tertiary/aromatic N) is 2. The molecule has 0 aliphatic heterocycles. The smallest absolute Gasteiger partial charge is 0.130 e. The average Bonchev–Trinajstić information content (AvgIpc) is 2.59. The molecule has 0 fully saturated rings. The first-order chi connectivity index (χ1) is 11.2. The molecule has 0 spiro atoms. The van der Waals surface area contributed by atoms with Crippen molar-refractivity contribution < 1.29 is 4.74 Å². The van der Waals surface area contributed by atoms with E-state index in [1.54, 1.807) is 7.11 Å². The maximum atomic E-state index is 5.61. The SMILES string of the molecule is COc1cc(CCC(C)C)nc2c(-c3ccncc3)cccc12. The zero-order valence-electron chi connectivity index (χ0n) is 13.9. The van der Waals surface area contributed by atoms with Gasteiger partial charge in [-0.25, -0.2) is 0 Å². The number of benzene rings is 1. The van der Waals surface area contributed by atoms with Crippen LogP contribution in [0, 0.1) is 5.92 Å². The first-order valence-electron chi connectivity index (χ1n) is 8.06. The zero-order valence-corrected chi connectivity index (χ0v) is 13.9. The number of hydrogen-bond donors (Lipinski definition) is 0. The Morgan fingerprint density at radius 3 is 2.57 bits per heavy atom. The van der Waals surface area contributed by atoms with Gasteiger partial charge in [0.25, 0.3) is 0 Å². The van der Waals surface area contributed by atoms with E-state index in [-0.39, 0.29) is 0 Å². The first kappa shape index (κ1) is 15.5. The van der Waals surface area contributed by atoms with E-state index >= 15 is 0 Å². The maximum absolute atomic E-state index is 5.61. The van der Waals surface area contributed by atoms with E-state index in [1.165, 1.54) is 0 Å². The van der Waals surface area contributed by atoms with Crippen LogP contribution in [0.3, 0.4) is 0 Å². The highest BCUT2D eigenvalue weighted by atomic mass is 16.5. The predicted molar refractivity (Wildman–Crippen MR) is 94.7 cm³/mol. The van der Waals surface area contributed by atoms with Crippen LogP contribution in [-0.4, -0.2) is 17.1 Å². The summed E-state index contributed by atoms with van der Waals surface area (Å²) in [6.45, 7) is 4.47. The molecule has 23 heavy (non-hydrogen) atoms. The molecule has 0 saturated heterocycles. The minimum absolute atomic E-state index is 0.661. The Bertz CT molecular complexity index is 797. The van der Waals surface area contributed by atoms with Crippen LogP contribution in [-0.2, 0) is 6.42 Å². The van der Waals surface area contributed by atoms with Crippen LogP contribution >= 0.6 is 0 Å². The summed E-state index contributed by atoms with van der Waals surface area (Å²) >= 11 is 0. The fourth-order valence-electron chi connectivity index (χ4n) is 2.77. The van der Waals surface area contributed by atoms with Crippen LogP contribution in [0.4, 0.5) is 0 Å². The molecule has 0 aliphatic carbocycles. The van der Waals surface area contributed by atoms with Gasteiger partial charge in [-0.15, -0.1) is 0 Å². The lowest BCUT2D eigenvalue weighted by atomic mass is 10.0. The van der Waals surface area contributed by atoms with E-state index in [0.717, 1.165) is 46.3 Å². The molecule has 0 aliphatic rings. The minimum Gasteiger partial charge on any atom is -0.496 e. The van der Waals surface area contributed by atoms with E-state index in [2.05, 4.69) is 43.1 Å². The van der Waals surface area contributed by atoms with Crippen LogP contribution < -0.4 is 4.74 Å². The Morgan fingerprint density at radius 2 is 1.87 bits per heavy atom. The summed E-state index contributed by atoms with van der Waals surface area (Å²) in [6.07, 6.45) is 5.72. The van der Waals surface area contributed by atoms with Gasteiger partial charge in [0.2, 0.25) is 0 Å². The number of hydrogen-bond acceptors (Lipinski definition) is 3. The van der Waals surface area contributed by atoms with Gasteiger partial charge >= 0.3 is 0 Å². The van der Waals surface area contributed by atoms with Crippen LogP contribution in [0.15, 0.2) is 48.8 Å². The molecule has 0 saturated carbocycles. The highest BCUT2D eigenvalue weighted by Gasteiger charge is 2.11. The topological polar surface area (TPSA) is 35.0 Å². The van der Waals surface area contributed by atoms with Gasteiger partial charge in [-0.1, -0.05) is 26.0 Å². The van der Waals surface area contributed by atoms with Crippen molar-refractivity contribution in [1.29, 1.82) is 0 Å². The Balaban J connectivity index is 2.16. The molecule has 0 atom stereocenters. The van der Waals surface area contributed by atoms with Crippen molar-refractivity contribution in [2.24, 2.45) is 5.92 Å². The number of para-hydroxylation sites is 1. The quantitative estimate of drug-likeness (QED) is 0.673. The van der Waals surface area contributed by atoms with Crippen molar-refractivity contribution in [3.05, 3.63) is 54.5 Å². The van der Waals surface area contributed by atoms with Crippen LogP contribution in [0.1, 0.15) is 26.0 Å². The molecule has 0 N–H and O–H groups in total. The largest absolute Gasteiger partial charge is 0.496 e. The number of ether oxygens (including phenoxy) is 1. The number of rotatable bonds is 5. The fourth-order valence-corrected chi connectivity index (χ4v) is 2.77. The summed E-state index contributed by atoms with van der Waals surface area (Å²) in [7, 11) is 1.72. The van der Waals surface area contributed by atoms with E-state index in [0.29, 0.717) is 5.92 Å². The van der Waals surface area contributed by atoms with Crippen molar-refractivity contribution in [1.82, 2.24) is 9.97 Å². The average molecular weight is 306 g/mol. The van der Waals surface area contributed by atoms with E-state index in [4.69, 9.17) is 9.72 Å². The second-order valence-electron chi connectivity index (χ2n) is 6.19. The molecular weight excluding hydrogens is 284 g/mol. The van der Waals surface area contributed by atoms with Gasteiger partial charge in [0.15, 0.2) is 0 Å². The summed E-state index contributed by atoms with van der Waals surface area (Å²) < 4.78 is 5.61. The summed E-state index contributed by atoms with van der Waals surface area (Å²) in [5.74, 6) is 1.55. The Labute approximate surface area is 137 Å². The molecule has 2 heterocycles. The summed E-state index contributed by atoms with van der Waals surface area (Å²) in [5.41, 5.74) is 4.33. The fraction of sp³-hybridized carbons (Fsp3) is 0.300. The molecule has 2 aromatic heterocycles. The molecule has 0 bridgehead atoms. The van der Waals surface area contributed by atoms with Crippen molar-refractivity contribution in [2.45, 2.75) is 26.7 Å². The number of aromatic nitrogens is 2. The predicted octanol–water partition coefficient (Wildman–Crippen LogP) is 4.89. The lowest BCUT2D eigenvalue weighted by Gasteiger charge is -2.12. The second-order valence-corrected chi connectivity index (χ2v) is 6.19. The molecule has 3 rings (SSSR count). The molecule has 3 heteroatoms. The molecular formula is C20H22N2O. The molecule has 1 aromatic carbocycles. The molecule has 118 valence electrons. The highest BCUT2D eigenvalue weighted by molar-refractivity contribution is 5.97. The summed E-state index contributed by atoms with van der Waals surface area (Å²) in [5, 5.41) is 1.05. The second kappa shape index (κ2) is 6.78. The van der Waals surface area contributed by atoms with Gasteiger partial charge in [-0.2, -0.15) is 0 Å². The lowest BCUT2D eigenvalue weighted by Crippen LogP contribution is -1.98. The van der Waals surface area contributed by atoms with Crippen LogP contribution in [0.5, 0.6) is 5.75 Å². The number of fused-ring (bicyclic) bond motifs is 1. The molecule has 0 amide bonds. The standard InChI is InChI=1S/C20H22N2O/c1-14(2)7-8-16-13-19(23-3)18-6-4-5-17(20(18)22-16)15-9-11-21-12-10-15/h4-6,9-14H,7-8H2,1-3H3.